The van der Waals surface area contributed by atoms with Crippen LogP contribution in [0.5, 0.6) is 0 Å². The number of ether oxygens (including phenoxy) is 1. The summed E-state index contributed by atoms with van der Waals surface area (Å²) >= 11 is 7.41. The van der Waals surface area contributed by atoms with E-state index in [1.54, 1.807) is 11.3 Å². The number of hydrogen-bond acceptors (Lipinski definition) is 4. The largest absolute Gasteiger partial charge is 0.465 e. The molecule has 28 heavy (non-hydrogen) atoms. The van der Waals surface area contributed by atoms with Crippen LogP contribution in [0.3, 0.4) is 0 Å². The van der Waals surface area contributed by atoms with Gasteiger partial charge in [-0.05, 0) is 61.0 Å². The average Bonchev–Trinajstić information content (AvgIpc) is 3.03. The van der Waals surface area contributed by atoms with Crippen LogP contribution < -0.4 is 5.32 Å². The standard InChI is InChI=1S/C22H26N2O2S2/c1-26-21(25)19-17-10-4-2-3-5-11-18(17)28-20(19)23-22(27)24-13-12-15-8-6-7-9-16(15)14-24/h6-9H,2-5,10-14H2,1H3,(H,23,27). The Bertz CT molecular complexity index is 891. The first kappa shape index (κ1) is 19.4. The molecule has 1 aliphatic carbocycles. The van der Waals surface area contributed by atoms with Crippen molar-refractivity contribution >= 4 is 39.6 Å². The van der Waals surface area contributed by atoms with Gasteiger partial charge in [-0.2, -0.15) is 0 Å². The molecular formula is C22H26N2O2S2. The van der Waals surface area contributed by atoms with Gasteiger partial charge in [0.25, 0.3) is 0 Å². The predicted molar refractivity (Wildman–Crippen MR) is 118 cm³/mol. The zero-order valence-corrected chi connectivity index (χ0v) is 17.9. The topological polar surface area (TPSA) is 41.6 Å². The van der Waals surface area contributed by atoms with E-state index in [0.29, 0.717) is 10.7 Å². The lowest BCUT2D eigenvalue weighted by Crippen LogP contribution is -2.38. The molecule has 0 saturated carbocycles. The summed E-state index contributed by atoms with van der Waals surface area (Å²) in [5.74, 6) is -0.257. The number of thiophene rings is 1. The maximum Gasteiger partial charge on any atom is 0.341 e. The molecule has 1 aromatic heterocycles. The van der Waals surface area contributed by atoms with Crippen LogP contribution >= 0.6 is 23.6 Å². The highest BCUT2D eigenvalue weighted by Crippen LogP contribution is 2.38. The molecule has 0 spiro atoms. The maximum atomic E-state index is 12.6. The van der Waals surface area contributed by atoms with Gasteiger partial charge in [0.05, 0.1) is 12.7 Å². The van der Waals surface area contributed by atoms with Crippen molar-refractivity contribution in [2.45, 2.75) is 51.5 Å². The SMILES string of the molecule is COC(=O)c1c(NC(=S)N2CCc3ccccc3C2)sc2c1CCCCCC2. The molecule has 1 aromatic carbocycles. The van der Waals surface area contributed by atoms with Gasteiger partial charge >= 0.3 is 5.97 Å². The Morgan fingerprint density at radius 3 is 2.64 bits per heavy atom. The number of fused-ring (bicyclic) bond motifs is 2. The van der Waals surface area contributed by atoms with E-state index in [9.17, 15) is 4.79 Å². The van der Waals surface area contributed by atoms with Crippen LogP contribution in [0, 0.1) is 0 Å². The first-order valence-electron chi connectivity index (χ1n) is 10.0. The summed E-state index contributed by atoms with van der Waals surface area (Å²) in [6.07, 6.45) is 7.77. The highest BCUT2D eigenvalue weighted by molar-refractivity contribution is 7.80. The number of aryl methyl sites for hydroxylation is 1. The molecule has 0 fully saturated rings. The highest BCUT2D eigenvalue weighted by Gasteiger charge is 2.26. The normalized spacial score (nSPS) is 16.4. The summed E-state index contributed by atoms with van der Waals surface area (Å²) < 4.78 is 5.12. The molecule has 0 unspecified atom stereocenters. The summed E-state index contributed by atoms with van der Waals surface area (Å²) in [5, 5.41) is 4.94. The fraction of sp³-hybridized carbons (Fsp3) is 0.455. The summed E-state index contributed by atoms with van der Waals surface area (Å²) in [7, 11) is 1.46. The lowest BCUT2D eigenvalue weighted by Gasteiger charge is -2.31. The van der Waals surface area contributed by atoms with Crippen LogP contribution in [0.15, 0.2) is 24.3 Å². The van der Waals surface area contributed by atoms with Gasteiger partial charge in [0, 0.05) is 18.0 Å². The van der Waals surface area contributed by atoms with Gasteiger partial charge in [-0.3, -0.25) is 0 Å². The van der Waals surface area contributed by atoms with E-state index in [0.717, 1.165) is 43.8 Å². The quantitative estimate of drug-likeness (QED) is 0.556. The third-order valence-corrected chi connectivity index (χ3v) is 7.27. The number of methoxy groups -OCH3 is 1. The fourth-order valence-electron chi connectivity index (χ4n) is 4.17. The number of hydrogen-bond donors (Lipinski definition) is 1. The minimum Gasteiger partial charge on any atom is -0.465 e. The smallest absolute Gasteiger partial charge is 0.341 e. The number of esters is 1. The van der Waals surface area contributed by atoms with Gasteiger partial charge in [-0.15, -0.1) is 11.3 Å². The van der Waals surface area contributed by atoms with Gasteiger partial charge in [0.15, 0.2) is 5.11 Å². The second-order valence-electron chi connectivity index (χ2n) is 7.48. The second kappa shape index (κ2) is 8.62. The third-order valence-electron chi connectivity index (χ3n) is 5.70. The van der Waals surface area contributed by atoms with Gasteiger partial charge in [0.1, 0.15) is 5.00 Å². The Morgan fingerprint density at radius 1 is 1.11 bits per heavy atom. The van der Waals surface area contributed by atoms with Crippen molar-refractivity contribution in [3.63, 3.8) is 0 Å². The third kappa shape index (κ3) is 3.94. The molecule has 0 bridgehead atoms. The van der Waals surface area contributed by atoms with E-state index in [1.807, 2.05) is 0 Å². The van der Waals surface area contributed by atoms with Crippen molar-refractivity contribution in [2.24, 2.45) is 0 Å². The number of anilines is 1. The number of nitrogens with one attached hydrogen (secondary N) is 1. The van der Waals surface area contributed by atoms with Crippen molar-refractivity contribution < 1.29 is 9.53 Å². The zero-order chi connectivity index (χ0) is 19.5. The Balaban J connectivity index is 1.58. The Labute approximate surface area is 175 Å². The Hall–Kier alpha value is -1.92. The molecule has 0 saturated heterocycles. The predicted octanol–water partition coefficient (Wildman–Crippen LogP) is 4.95. The molecule has 1 aliphatic heterocycles. The van der Waals surface area contributed by atoms with Gasteiger partial charge in [-0.1, -0.05) is 37.1 Å². The van der Waals surface area contributed by atoms with Crippen LogP contribution in [-0.4, -0.2) is 29.6 Å². The number of nitrogens with zero attached hydrogens (tertiary/aromatic N) is 1. The Morgan fingerprint density at radius 2 is 1.86 bits per heavy atom. The van der Waals surface area contributed by atoms with Crippen molar-refractivity contribution in [2.75, 3.05) is 19.0 Å². The molecule has 2 aliphatic rings. The van der Waals surface area contributed by atoms with Crippen LogP contribution in [0.2, 0.25) is 0 Å². The van der Waals surface area contributed by atoms with Crippen molar-refractivity contribution in [3.8, 4) is 0 Å². The molecule has 0 radical (unpaired) electrons. The molecule has 0 amide bonds. The number of carbonyl (C=O) groups is 1. The summed E-state index contributed by atoms with van der Waals surface area (Å²) in [4.78, 5) is 16.1. The highest BCUT2D eigenvalue weighted by atomic mass is 32.1. The van der Waals surface area contributed by atoms with E-state index in [2.05, 4.69) is 34.5 Å². The lowest BCUT2D eigenvalue weighted by atomic mass is 9.96. The number of thiocarbonyl (C=S) groups is 1. The van der Waals surface area contributed by atoms with Gasteiger partial charge < -0.3 is 15.0 Å². The minimum absolute atomic E-state index is 0.257. The monoisotopic (exact) mass is 414 g/mol. The molecule has 4 rings (SSSR count). The van der Waals surface area contributed by atoms with Crippen LogP contribution in [0.1, 0.15) is 57.6 Å². The van der Waals surface area contributed by atoms with E-state index in [-0.39, 0.29) is 5.97 Å². The molecule has 1 N–H and O–H groups in total. The second-order valence-corrected chi connectivity index (χ2v) is 8.98. The van der Waals surface area contributed by atoms with Gasteiger partial charge in [-0.25, -0.2) is 4.79 Å². The van der Waals surface area contributed by atoms with Crippen LogP contribution in [0.4, 0.5) is 5.00 Å². The average molecular weight is 415 g/mol. The summed E-state index contributed by atoms with van der Waals surface area (Å²) in [5.41, 5.74) is 4.59. The van der Waals surface area contributed by atoms with Crippen molar-refractivity contribution in [3.05, 3.63) is 51.4 Å². The van der Waals surface area contributed by atoms with E-state index < -0.39 is 0 Å². The number of rotatable bonds is 2. The first-order valence-corrected chi connectivity index (χ1v) is 11.3. The van der Waals surface area contributed by atoms with E-state index in [4.69, 9.17) is 17.0 Å². The fourth-order valence-corrected chi connectivity index (χ4v) is 5.77. The number of carbonyl (C=O) groups excluding carboxylic acids is 1. The molecular weight excluding hydrogens is 388 g/mol. The van der Waals surface area contributed by atoms with E-state index >= 15 is 0 Å². The zero-order valence-electron chi connectivity index (χ0n) is 16.3. The molecule has 2 heterocycles. The molecule has 6 heteroatoms. The minimum atomic E-state index is -0.257. The maximum absolute atomic E-state index is 12.6. The van der Waals surface area contributed by atoms with Crippen LogP contribution in [0.25, 0.3) is 0 Å². The van der Waals surface area contributed by atoms with Crippen molar-refractivity contribution in [1.82, 2.24) is 4.90 Å². The van der Waals surface area contributed by atoms with Crippen molar-refractivity contribution in [1.29, 1.82) is 0 Å². The van der Waals surface area contributed by atoms with E-state index in [1.165, 1.54) is 47.9 Å². The first-order chi connectivity index (χ1) is 13.7. The van der Waals surface area contributed by atoms with Crippen LogP contribution in [-0.2, 0) is 30.5 Å². The lowest BCUT2D eigenvalue weighted by molar-refractivity contribution is 0.0601. The molecule has 4 nitrogen and oxygen atoms in total. The molecule has 148 valence electrons. The molecule has 2 aromatic rings. The van der Waals surface area contributed by atoms with Gasteiger partial charge in [0.2, 0.25) is 0 Å². The summed E-state index contributed by atoms with van der Waals surface area (Å²) in [6.45, 7) is 1.70. The number of benzene rings is 1. The molecule has 0 atom stereocenters. The Kier molecular flexibility index (Phi) is 5.97. The summed E-state index contributed by atoms with van der Waals surface area (Å²) in [6, 6.07) is 8.53.